The van der Waals surface area contributed by atoms with Gasteiger partial charge in [-0.15, -0.1) is 0 Å². The van der Waals surface area contributed by atoms with E-state index in [4.69, 9.17) is 0 Å². The zero-order valence-corrected chi connectivity index (χ0v) is 16.4. The largest absolute Gasteiger partial charge is 0.309 e. The lowest BCUT2D eigenvalue weighted by molar-refractivity contribution is -0.119. The Morgan fingerprint density at radius 3 is 2.04 bits per heavy atom. The van der Waals surface area contributed by atoms with E-state index >= 15 is 0 Å². The molecular weight excluding hydrogens is 322 g/mol. The van der Waals surface area contributed by atoms with E-state index in [0.29, 0.717) is 30.6 Å². The molecule has 3 nitrogen and oxygen atoms in total. The summed E-state index contributed by atoms with van der Waals surface area (Å²) in [7, 11) is 0. The predicted molar refractivity (Wildman–Crippen MR) is 108 cm³/mol. The van der Waals surface area contributed by atoms with Gasteiger partial charge in [-0.2, -0.15) is 0 Å². The van der Waals surface area contributed by atoms with Crippen LogP contribution in [0.25, 0.3) is 0 Å². The van der Waals surface area contributed by atoms with Gasteiger partial charge in [-0.3, -0.25) is 4.79 Å². The van der Waals surface area contributed by atoms with Crippen molar-refractivity contribution in [2.45, 2.75) is 96.4 Å². The van der Waals surface area contributed by atoms with Crippen LogP contribution in [-0.2, 0) is 9.59 Å². The highest BCUT2D eigenvalue weighted by atomic mass is 16.2. The lowest BCUT2D eigenvalue weighted by Crippen LogP contribution is -2.41. The minimum atomic E-state index is 0.291. The third kappa shape index (κ3) is 7.31. The van der Waals surface area contributed by atoms with Crippen LogP contribution < -0.4 is 4.90 Å². The van der Waals surface area contributed by atoms with E-state index in [1.807, 2.05) is 18.2 Å². The average Bonchev–Trinajstić information content (AvgIpc) is 2.65. The summed E-state index contributed by atoms with van der Waals surface area (Å²) < 4.78 is 0. The van der Waals surface area contributed by atoms with Gasteiger partial charge in [-0.1, -0.05) is 63.1 Å². The highest BCUT2D eigenvalue weighted by Crippen LogP contribution is 2.28. The van der Waals surface area contributed by atoms with Crippen LogP contribution in [0.2, 0.25) is 0 Å². The second kappa shape index (κ2) is 11.9. The van der Waals surface area contributed by atoms with Crippen LogP contribution in [0.1, 0.15) is 90.4 Å². The van der Waals surface area contributed by atoms with Crippen LogP contribution in [0.15, 0.2) is 30.3 Å². The van der Waals surface area contributed by atoms with E-state index in [-0.39, 0.29) is 0 Å². The Labute approximate surface area is 159 Å². The number of benzene rings is 1. The number of amides is 1. The Hall–Kier alpha value is -1.64. The number of carbonyl (C=O) groups excluding carboxylic acids is 2. The Morgan fingerprint density at radius 2 is 1.42 bits per heavy atom. The van der Waals surface area contributed by atoms with Crippen LogP contribution in [0.4, 0.5) is 5.69 Å². The Morgan fingerprint density at radius 1 is 0.846 bits per heavy atom. The fraction of sp³-hybridized carbons (Fsp3) is 0.652. The molecule has 0 aromatic heterocycles. The van der Waals surface area contributed by atoms with Crippen LogP contribution in [0.3, 0.4) is 0 Å². The van der Waals surface area contributed by atoms with Gasteiger partial charge < -0.3 is 9.69 Å². The number of carbonyl (C=O) groups is 2. The van der Waals surface area contributed by atoms with Crippen LogP contribution in [0.5, 0.6) is 0 Å². The predicted octanol–water partition coefficient (Wildman–Crippen LogP) is 6.06. The van der Waals surface area contributed by atoms with Crippen LogP contribution in [-0.4, -0.2) is 17.7 Å². The van der Waals surface area contributed by atoms with Gasteiger partial charge in [0.1, 0.15) is 5.78 Å². The molecule has 0 unspecified atom stereocenters. The normalized spacial score (nSPS) is 15.0. The Bertz CT molecular complexity index is 534. The molecule has 1 saturated carbocycles. The maximum Gasteiger partial charge on any atom is 0.227 e. The molecule has 1 fully saturated rings. The van der Waals surface area contributed by atoms with Gasteiger partial charge in [-0.25, -0.2) is 0 Å². The lowest BCUT2D eigenvalue weighted by Gasteiger charge is -2.34. The smallest absolute Gasteiger partial charge is 0.227 e. The summed E-state index contributed by atoms with van der Waals surface area (Å²) in [5, 5.41) is 0. The quantitative estimate of drug-likeness (QED) is 0.451. The van der Waals surface area contributed by atoms with E-state index in [9.17, 15) is 9.59 Å². The molecule has 0 saturated heterocycles. The van der Waals surface area contributed by atoms with Crippen molar-refractivity contribution in [1.82, 2.24) is 0 Å². The molecule has 1 aromatic carbocycles. The molecule has 1 aliphatic rings. The van der Waals surface area contributed by atoms with Gasteiger partial charge in [0.25, 0.3) is 0 Å². The van der Waals surface area contributed by atoms with Crippen molar-refractivity contribution in [3.63, 3.8) is 0 Å². The SMILES string of the molecule is CC(=O)CCCCCCCCC(=O)N(c1ccccc1)C1CCCCC1. The summed E-state index contributed by atoms with van der Waals surface area (Å²) in [5.41, 5.74) is 1.06. The van der Waals surface area contributed by atoms with Gasteiger partial charge in [0.05, 0.1) is 0 Å². The van der Waals surface area contributed by atoms with Gasteiger partial charge in [-0.05, 0) is 44.7 Å². The molecule has 26 heavy (non-hydrogen) atoms. The zero-order chi connectivity index (χ0) is 18.6. The summed E-state index contributed by atoms with van der Waals surface area (Å²) in [6.45, 7) is 1.66. The van der Waals surface area contributed by atoms with Crippen molar-refractivity contribution < 1.29 is 9.59 Å². The van der Waals surface area contributed by atoms with Gasteiger partial charge >= 0.3 is 0 Å². The molecule has 0 atom stereocenters. The third-order valence-electron chi connectivity index (χ3n) is 5.41. The second-order valence-electron chi connectivity index (χ2n) is 7.71. The summed E-state index contributed by atoms with van der Waals surface area (Å²) >= 11 is 0. The van der Waals surface area contributed by atoms with E-state index in [1.54, 1.807) is 6.92 Å². The first-order valence-corrected chi connectivity index (χ1v) is 10.5. The van der Waals surface area contributed by atoms with Crippen LogP contribution >= 0.6 is 0 Å². The molecule has 1 aliphatic carbocycles. The van der Waals surface area contributed by atoms with Crippen molar-refractivity contribution in [2.24, 2.45) is 0 Å². The number of anilines is 1. The van der Waals surface area contributed by atoms with E-state index in [1.165, 1.54) is 32.1 Å². The maximum absolute atomic E-state index is 12.9. The van der Waals surface area contributed by atoms with Crippen molar-refractivity contribution >= 4 is 17.4 Å². The van der Waals surface area contributed by atoms with Crippen molar-refractivity contribution in [3.05, 3.63) is 30.3 Å². The Kier molecular flexibility index (Phi) is 9.44. The highest BCUT2D eigenvalue weighted by molar-refractivity contribution is 5.93. The molecule has 0 radical (unpaired) electrons. The van der Waals surface area contributed by atoms with E-state index < -0.39 is 0 Å². The first-order chi connectivity index (χ1) is 12.7. The number of unbranched alkanes of at least 4 members (excludes halogenated alkanes) is 5. The summed E-state index contributed by atoms with van der Waals surface area (Å²) in [6.07, 6.45) is 14.0. The number of hydrogen-bond donors (Lipinski definition) is 0. The van der Waals surface area contributed by atoms with Gasteiger partial charge in [0.15, 0.2) is 0 Å². The molecule has 0 aliphatic heterocycles. The standard InChI is InChI=1S/C23H35NO2/c1-20(25)14-8-4-2-3-5-13-19-23(26)24(21-15-9-6-10-16-21)22-17-11-7-12-18-22/h6,9-10,15-16,22H,2-5,7-8,11-14,17-19H2,1H3. The number of Topliss-reactive ketones (excluding diaryl/α,β-unsaturated/α-hetero) is 1. The van der Waals surface area contributed by atoms with Crippen molar-refractivity contribution in [2.75, 3.05) is 4.90 Å². The van der Waals surface area contributed by atoms with Gasteiger partial charge in [0, 0.05) is 24.6 Å². The Balaban J connectivity index is 1.75. The molecule has 0 N–H and O–H groups in total. The molecule has 0 heterocycles. The molecule has 0 spiro atoms. The molecule has 0 bridgehead atoms. The molecule has 144 valence electrons. The van der Waals surface area contributed by atoms with Crippen molar-refractivity contribution in [3.8, 4) is 0 Å². The maximum atomic E-state index is 12.9. The van der Waals surface area contributed by atoms with E-state index in [0.717, 1.165) is 44.2 Å². The van der Waals surface area contributed by atoms with E-state index in [2.05, 4.69) is 17.0 Å². The monoisotopic (exact) mass is 357 g/mol. The number of para-hydroxylation sites is 1. The van der Waals surface area contributed by atoms with Crippen molar-refractivity contribution in [1.29, 1.82) is 0 Å². The molecular formula is C23H35NO2. The first-order valence-electron chi connectivity index (χ1n) is 10.5. The summed E-state index contributed by atoms with van der Waals surface area (Å²) in [6, 6.07) is 10.6. The fourth-order valence-electron chi connectivity index (χ4n) is 3.96. The van der Waals surface area contributed by atoms with Crippen LogP contribution in [0, 0.1) is 0 Å². The topological polar surface area (TPSA) is 37.4 Å². The number of rotatable bonds is 11. The molecule has 1 amide bonds. The number of ketones is 1. The zero-order valence-electron chi connectivity index (χ0n) is 16.4. The average molecular weight is 358 g/mol. The first kappa shape index (κ1) is 20.7. The molecule has 1 aromatic rings. The second-order valence-corrected chi connectivity index (χ2v) is 7.71. The highest BCUT2D eigenvalue weighted by Gasteiger charge is 2.26. The molecule has 3 heteroatoms. The number of nitrogens with zero attached hydrogens (tertiary/aromatic N) is 1. The number of hydrogen-bond acceptors (Lipinski definition) is 2. The lowest BCUT2D eigenvalue weighted by atomic mass is 9.93. The van der Waals surface area contributed by atoms with Gasteiger partial charge in [0.2, 0.25) is 5.91 Å². The fourth-order valence-corrected chi connectivity index (χ4v) is 3.96. The summed E-state index contributed by atoms with van der Waals surface area (Å²) in [5.74, 6) is 0.582. The third-order valence-corrected chi connectivity index (χ3v) is 5.41. The molecule has 2 rings (SSSR count). The minimum absolute atomic E-state index is 0.291. The minimum Gasteiger partial charge on any atom is -0.309 e. The summed E-state index contributed by atoms with van der Waals surface area (Å²) in [4.78, 5) is 26.0.